The maximum absolute atomic E-state index is 6.13. The third kappa shape index (κ3) is 4.97. The number of anilines is 2. The van der Waals surface area contributed by atoms with E-state index in [9.17, 15) is 0 Å². The Morgan fingerprint density at radius 2 is 1.48 bits per heavy atom. The summed E-state index contributed by atoms with van der Waals surface area (Å²) in [6.45, 7) is 0. The second kappa shape index (κ2) is 9.72. The van der Waals surface area contributed by atoms with Crippen LogP contribution >= 0.6 is 11.6 Å². The fraction of sp³-hybridized carbons (Fsp3) is 0.0714. The molecule has 0 aliphatic carbocycles. The van der Waals surface area contributed by atoms with Crippen LogP contribution in [0.5, 0.6) is 0 Å². The molecule has 0 saturated heterocycles. The number of nitrogens with zero attached hydrogens (tertiary/aromatic N) is 3. The lowest BCUT2D eigenvalue weighted by Crippen LogP contribution is -2.18. The highest BCUT2D eigenvalue weighted by molar-refractivity contribution is 6.30. The van der Waals surface area contributed by atoms with Crippen molar-refractivity contribution in [3.8, 4) is 0 Å². The van der Waals surface area contributed by atoms with E-state index in [1.165, 1.54) is 5.56 Å². The normalized spacial score (nSPS) is 15.6. The zero-order valence-corrected chi connectivity index (χ0v) is 18.7. The van der Waals surface area contributed by atoms with Crippen LogP contribution in [-0.2, 0) is 0 Å². The van der Waals surface area contributed by atoms with Crippen molar-refractivity contribution in [1.82, 2.24) is 0 Å². The van der Waals surface area contributed by atoms with Gasteiger partial charge in [0.05, 0.1) is 29.3 Å². The number of nitrogens with one attached hydrogen (secondary N) is 1. The molecule has 0 fully saturated rings. The lowest BCUT2D eigenvalue weighted by Gasteiger charge is -2.24. The van der Waals surface area contributed by atoms with Crippen molar-refractivity contribution in [3.05, 3.63) is 131 Å². The van der Waals surface area contributed by atoms with Crippen molar-refractivity contribution < 1.29 is 0 Å². The summed E-state index contributed by atoms with van der Waals surface area (Å²) in [5, 5.41) is 12.2. The Morgan fingerprint density at radius 3 is 2.18 bits per heavy atom. The number of hydrogen-bond acceptors (Lipinski definition) is 4. The molecule has 0 amide bonds. The van der Waals surface area contributed by atoms with Crippen molar-refractivity contribution in [2.45, 2.75) is 12.5 Å². The van der Waals surface area contributed by atoms with Crippen molar-refractivity contribution >= 4 is 34.9 Å². The summed E-state index contributed by atoms with van der Waals surface area (Å²) in [5.74, 6) is 0. The van der Waals surface area contributed by atoms with Crippen LogP contribution in [0.4, 0.5) is 11.4 Å². The molecular formula is C28H23ClN4. The number of halogens is 1. The molecular weight excluding hydrogens is 428 g/mol. The van der Waals surface area contributed by atoms with Gasteiger partial charge in [0.25, 0.3) is 0 Å². The van der Waals surface area contributed by atoms with E-state index >= 15 is 0 Å². The van der Waals surface area contributed by atoms with Gasteiger partial charge in [0.2, 0.25) is 0 Å². The highest BCUT2D eigenvalue weighted by atomic mass is 35.5. The average molecular weight is 451 g/mol. The highest BCUT2D eigenvalue weighted by Crippen LogP contribution is 2.37. The molecule has 4 aromatic carbocycles. The number of hydrogen-bond donors (Lipinski definition) is 1. The quantitative estimate of drug-likeness (QED) is 0.250. The lowest BCUT2D eigenvalue weighted by molar-refractivity contribution is 0.709. The van der Waals surface area contributed by atoms with E-state index in [-0.39, 0.29) is 6.04 Å². The van der Waals surface area contributed by atoms with Crippen LogP contribution in [0.2, 0.25) is 5.02 Å². The van der Waals surface area contributed by atoms with Crippen LogP contribution in [0.25, 0.3) is 0 Å². The van der Waals surface area contributed by atoms with Gasteiger partial charge in [-0.15, -0.1) is 0 Å². The molecule has 1 N–H and O–H groups in total. The Labute approximate surface area is 198 Å². The highest BCUT2D eigenvalue weighted by Gasteiger charge is 2.29. The third-order valence-electron chi connectivity index (χ3n) is 5.61. The molecule has 0 aromatic heterocycles. The number of benzene rings is 4. The lowest BCUT2D eigenvalue weighted by atomic mass is 9.98. The fourth-order valence-corrected chi connectivity index (χ4v) is 4.03. The molecule has 0 bridgehead atoms. The Balaban J connectivity index is 1.39. The van der Waals surface area contributed by atoms with Crippen LogP contribution in [0.15, 0.2) is 119 Å². The SMILES string of the molecule is Clc1ccc([C@H]2CC(c3ccccc3)=NN2c2ccc(/C=N\Nc3ccccc3)cc2)cc1. The van der Waals surface area contributed by atoms with E-state index < -0.39 is 0 Å². The van der Waals surface area contributed by atoms with Crippen LogP contribution in [-0.4, -0.2) is 11.9 Å². The molecule has 33 heavy (non-hydrogen) atoms. The maximum Gasteiger partial charge on any atom is 0.0831 e. The van der Waals surface area contributed by atoms with Crippen molar-refractivity contribution in [3.63, 3.8) is 0 Å². The van der Waals surface area contributed by atoms with E-state index in [1.54, 1.807) is 0 Å². The molecule has 4 nitrogen and oxygen atoms in total. The predicted octanol–water partition coefficient (Wildman–Crippen LogP) is 7.14. The fourth-order valence-electron chi connectivity index (χ4n) is 3.91. The van der Waals surface area contributed by atoms with Crippen LogP contribution < -0.4 is 10.4 Å². The van der Waals surface area contributed by atoms with E-state index in [1.807, 2.05) is 54.7 Å². The number of rotatable bonds is 6. The first-order chi connectivity index (χ1) is 16.3. The number of para-hydroxylation sites is 1. The summed E-state index contributed by atoms with van der Waals surface area (Å²) in [6.07, 6.45) is 2.64. The second-order valence-corrected chi connectivity index (χ2v) is 8.29. The maximum atomic E-state index is 6.13. The minimum atomic E-state index is 0.108. The van der Waals surface area contributed by atoms with E-state index in [0.717, 1.165) is 39.7 Å². The van der Waals surface area contributed by atoms with Gasteiger partial charge in [-0.25, -0.2) is 0 Å². The van der Waals surface area contributed by atoms with E-state index in [4.69, 9.17) is 16.7 Å². The molecule has 5 rings (SSSR count). The molecule has 1 atom stereocenters. The monoisotopic (exact) mass is 450 g/mol. The Hall–Kier alpha value is -3.89. The summed E-state index contributed by atoms with van der Waals surface area (Å²) >= 11 is 6.13. The van der Waals surface area contributed by atoms with E-state index in [2.05, 4.69) is 76.2 Å². The van der Waals surface area contributed by atoms with Crippen LogP contribution in [0, 0.1) is 0 Å². The molecule has 0 radical (unpaired) electrons. The summed E-state index contributed by atoms with van der Waals surface area (Å²) in [5.41, 5.74) is 9.46. The standard InChI is InChI=1S/C28H23ClN4/c29-24-15-13-23(14-16-24)28-19-27(22-7-3-1-4-8-22)32-33(28)26-17-11-21(12-18-26)20-30-31-25-9-5-2-6-10-25/h1-18,20,28,31H,19H2/b30-20-/t28-/m1/s1. The summed E-state index contributed by atoms with van der Waals surface area (Å²) in [6, 6.07) is 36.7. The Morgan fingerprint density at radius 1 is 0.818 bits per heavy atom. The summed E-state index contributed by atoms with van der Waals surface area (Å²) < 4.78 is 0. The van der Waals surface area contributed by atoms with Gasteiger partial charge in [0.15, 0.2) is 0 Å². The summed E-state index contributed by atoms with van der Waals surface area (Å²) in [4.78, 5) is 0. The van der Waals surface area contributed by atoms with Gasteiger partial charge < -0.3 is 0 Å². The molecule has 5 heteroatoms. The van der Waals surface area contributed by atoms with E-state index in [0.29, 0.717) is 0 Å². The van der Waals surface area contributed by atoms with Gasteiger partial charge in [0.1, 0.15) is 0 Å². The van der Waals surface area contributed by atoms with Gasteiger partial charge in [-0.1, -0.05) is 84.4 Å². The first-order valence-corrected chi connectivity index (χ1v) is 11.3. The zero-order valence-electron chi connectivity index (χ0n) is 18.0. The zero-order chi connectivity index (χ0) is 22.5. The van der Waals surface area contributed by atoms with Crippen LogP contribution in [0.1, 0.15) is 29.2 Å². The molecule has 0 unspecified atom stereocenters. The summed E-state index contributed by atoms with van der Waals surface area (Å²) in [7, 11) is 0. The van der Waals surface area contributed by atoms with Gasteiger partial charge in [-0.2, -0.15) is 10.2 Å². The molecule has 1 aliphatic rings. The smallest absolute Gasteiger partial charge is 0.0831 e. The third-order valence-corrected chi connectivity index (χ3v) is 5.86. The van der Waals surface area contributed by atoms with Gasteiger partial charge in [-0.05, 0) is 53.1 Å². The van der Waals surface area contributed by atoms with Crippen molar-refractivity contribution in [2.24, 2.45) is 10.2 Å². The van der Waals surface area contributed by atoms with Crippen molar-refractivity contribution in [2.75, 3.05) is 10.4 Å². The topological polar surface area (TPSA) is 40.0 Å². The first kappa shape index (κ1) is 21.0. The minimum absolute atomic E-state index is 0.108. The number of hydrazone groups is 2. The molecule has 4 aromatic rings. The molecule has 1 heterocycles. The Kier molecular flexibility index (Phi) is 6.18. The molecule has 0 spiro atoms. The van der Waals surface area contributed by atoms with Gasteiger partial charge in [-0.3, -0.25) is 10.4 Å². The predicted molar refractivity (Wildman–Crippen MR) is 138 cm³/mol. The molecule has 162 valence electrons. The van der Waals surface area contributed by atoms with Crippen molar-refractivity contribution in [1.29, 1.82) is 0 Å². The second-order valence-electron chi connectivity index (χ2n) is 7.86. The van der Waals surface area contributed by atoms with Crippen LogP contribution in [0.3, 0.4) is 0 Å². The van der Waals surface area contributed by atoms with Gasteiger partial charge in [0, 0.05) is 11.4 Å². The molecule has 1 aliphatic heterocycles. The van der Waals surface area contributed by atoms with Gasteiger partial charge >= 0.3 is 0 Å². The molecule has 0 saturated carbocycles. The Bertz CT molecular complexity index is 1250. The first-order valence-electron chi connectivity index (χ1n) is 10.9. The largest absolute Gasteiger partial charge is 0.279 e. The average Bonchev–Trinajstić information content (AvgIpc) is 3.32. The minimum Gasteiger partial charge on any atom is -0.279 e.